The molecule has 5 heteroatoms. The molecule has 1 aromatic carbocycles. The Morgan fingerprint density at radius 1 is 1.18 bits per heavy atom. The van der Waals surface area contributed by atoms with E-state index in [4.69, 9.17) is 0 Å². The summed E-state index contributed by atoms with van der Waals surface area (Å²) in [7, 11) is 0. The first-order valence-electron chi connectivity index (χ1n) is 5.26. The van der Waals surface area contributed by atoms with Crippen LogP contribution in [-0.4, -0.2) is 11.8 Å². The average molecular weight is 300 g/mol. The van der Waals surface area contributed by atoms with Crippen molar-refractivity contribution >= 4 is 33.4 Å². The first kappa shape index (κ1) is 12.2. The Bertz CT molecular complexity index is 483. The molecule has 1 heterocycles. The number of imide groups is 1. The van der Waals surface area contributed by atoms with Crippen molar-refractivity contribution < 1.29 is 14.0 Å². The number of rotatable bonds is 1. The molecule has 0 saturated carbocycles. The van der Waals surface area contributed by atoms with E-state index in [1.807, 2.05) is 0 Å². The highest BCUT2D eigenvalue weighted by Crippen LogP contribution is 2.32. The van der Waals surface area contributed by atoms with E-state index in [9.17, 15) is 14.0 Å². The van der Waals surface area contributed by atoms with E-state index < -0.39 is 17.7 Å². The molecule has 0 aromatic heterocycles. The van der Waals surface area contributed by atoms with E-state index >= 15 is 0 Å². The lowest BCUT2D eigenvalue weighted by Gasteiger charge is -2.15. The zero-order valence-electron chi connectivity index (χ0n) is 9.41. The van der Waals surface area contributed by atoms with Crippen molar-refractivity contribution in [3.63, 3.8) is 0 Å². The van der Waals surface area contributed by atoms with Crippen molar-refractivity contribution in [3.05, 3.63) is 28.5 Å². The minimum Gasteiger partial charge on any atom is -0.274 e. The molecule has 3 nitrogen and oxygen atoms in total. The van der Waals surface area contributed by atoms with E-state index in [1.54, 1.807) is 19.9 Å². The highest BCUT2D eigenvalue weighted by molar-refractivity contribution is 9.10. The Balaban J connectivity index is 2.47. The molecular formula is C12H11BrFNO2. The third kappa shape index (κ3) is 1.88. The highest BCUT2D eigenvalue weighted by Gasteiger charge is 2.43. The number of hydrogen-bond donors (Lipinski definition) is 0. The summed E-state index contributed by atoms with van der Waals surface area (Å²) in [6.45, 7) is 3.36. The maximum absolute atomic E-state index is 13.7. The minimum atomic E-state index is -0.581. The second kappa shape index (κ2) is 4.22. The number of carbonyl (C=O) groups excluding carboxylic acids is 2. The van der Waals surface area contributed by atoms with Crippen molar-refractivity contribution in [1.82, 2.24) is 0 Å². The van der Waals surface area contributed by atoms with Gasteiger partial charge in [-0.15, -0.1) is 0 Å². The fourth-order valence-corrected chi connectivity index (χ4v) is 2.18. The third-order valence-corrected chi connectivity index (χ3v) is 3.61. The summed E-state index contributed by atoms with van der Waals surface area (Å²) in [5.74, 6) is -2.06. The van der Waals surface area contributed by atoms with Crippen LogP contribution in [0, 0.1) is 17.7 Å². The Morgan fingerprint density at radius 2 is 1.71 bits per heavy atom. The monoisotopic (exact) mass is 299 g/mol. The molecule has 0 bridgehead atoms. The van der Waals surface area contributed by atoms with Crippen LogP contribution in [0.2, 0.25) is 0 Å². The van der Waals surface area contributed by atoms with Crippen molar-refractivity contribution in [2.24, 2.45) is 11.8 Å². The van der Waals surface area contributed by atoms with E-state index in [2.05, 4.69) is 15.9 Å². The molecule has 2 amide bonds. The normalized spacial score (nSPS) is 24.6. The van der Waals surface area contributed by atoms with Gasteiger partial charge in [-0.3, -0.25) is 9.59 Å². The maximum Gasteiger partial charge on any atom is 0.237 e. The second-order valence-electron chi connectivity index (χ2n) is 4.18. The zero-order chi connectivity index (χ0) is 12.7. The van der Waals surface area contributed by atoms with Crippen LogP contribution in [0.1, 0.15) is 13.8 Å². The van der Waals surface area contributed by atoms with Gasteiger partial charge in [0.2, 0.25) is 11.8 Å². The van der Waals surface area contributed by atoms with Crippen LogP contribution in [0.5, 0.6) is 0 Å². The zero-order valence-corrected chi connectivity index (χ0v) is 11.0. The molecule has 2 rings (SSSR count). The van der Waals surface area contributed by atoms with Gasteiger partial charge in [0.15, 0.2) is 0 Å². The molecule has 2 unspecified atom stereocenters. The molecule has 17 heavy (non-hydrogen) atoms. The lowest BCUT2D eigenvalue weighted by molar-refractivity contribution is -0.122. The van der Waals surface area contributed by atoms with Gasteiger partial charge in [-0.25, -0.2) is 9.29 Å². The van der Waals surface area contributed by atoms with Gasteiger partial charge in [-0.1, -0.05) is 29.8 Å². The molecular weight excluding hydrogens is 289 g/mol. The van der Waals surface area contributed by atoms with Gasteiger partial charge < -0.3 is 0 Å². The minimum absolute atomic E-state index is 0.0272. The average Bonchev–Trinajstić information content (AvgIpc) is 2.45. The molecule has 0 radical (unpaired) electrons. The SMILES string of the molecule is CC1C(=O)N(c2ccc(Br)cc2F)C(=O)C1C. The van der Waals surface area contributed by atoms with Gasteiger partial charge in [0.05, 0.1) is 5.69 Å². The number of nitrogens with zero attached hydrogens (tertiary/aromatic N) is 1. The summed E-state index contributed by atoms with van der Waals surface area (Å²) in [6.07, 6.45) is 0. The molecule has 1 saturated heterocycles. The number of hydrogen-bond acceptors (Lipinski definition) is 2. The van der Waals surface area contributed by atoms with Crippen molar-refractivity contribution in [2.45, 2.75) is 13.8 Å². The number of carbonyl (C=O) groups is 2. The van der Waals surface area contributed by atoms with Crippen molar-refractivity contribution in [1.29, 1.82) is 0 Å². The van der Waals surface area contributed by atoms with E-state index in [0.29, 0.717) is 4.47 Å². The molecule has 2 atom stereocenters. The summed E-state index contributed by atoms with van der Waals surface area (Å²) < 4.78 is 14.3. The smallest absolute Gasteiger partial charge is 0.237 e. The number of halogens is 2. The number of benzene rings is 1. The van der Waals surface area contributed by atoms with E-state index in [1.165, 1.54) is 12.1 Å². The second-order valence-corrected chi connectivity index (χ2v) is 5.10. The van der Waals surface area contributed by atoms with Crippen molar-refractivity contribution in [3.8, 4) is 0 Å². The van der Waals surface area contributed by atoms with Gasteiger partial charge in [-0.05, 0) is 18.2 Å². The third-order valence-electron chi connectivity index (χ3n) is 3.12. The topological polar surface area (TPSA) is 37.4 Å². The molecule has 0 N–H and O–H groups in total. The highest BCUT2D eigenvalue weighted by atomic mass is 79.9. The van der Waals surface area contributed by atoms with Gasteiger partial charge in [0, 0.05) is 16.3 Å². The van der Waals surface area contributed by atoms with Crippen LogP contribution in [0.25, 0.3) is 0 Å². The first-order valence-corrected chi connectivity index (χ1v) is 6.05. The Morgan fingerprint density at radius 3 is 2.18 bits per heavy atom. The van der Waals surface area contributed by atoms with Gasteiger partial charge in [-0.2, -0.15) is 0 Å². The predicted molar refractivity (Wildman–Crippen MR) is 64.9 cm³/mol. The van der Waals surface area contributed by atoms with Crippen LogP contribution in [0.15, 0.2) is 22.7 Å². The summed E-state index contributed by atoms with van der Waals surface area (Å²) in [4.78, 5) is 24.7. The fourth-order valence-electron chi connectivity index (χ4n) is 1.84. The van der Waals surface area contributed by atoms with Crippen molar-refractivity contribution in [2.75, 3.05) is 4.90 Å². The van der Waals surface area contributed by atoms with Crippen LogP contribution < -0.4 is 4.90 Å². The number of anilines is 1. The van der Waals surface area contributed by atoms with Gasteiger partial charge in [0.1, 0.15) is 5.82 Å². The quantitative estimate of drug-likeness (QED) is 0.748. The van der Waals surface area contributed by atoms with Crippen LogP contribution in [0.3, 0.4) is 0 Å². The Kier molecular flexibility index (Phi) is 3.03. The molecule has 0 aliphatic carbocycles. The summed E-state index contributed by atoms with van der Waals surface area (Å²) in [5, 5.41) is 0. The van der Waals surface area contributed by atoms with Crippen LogP contribution >= 0.6 is 15.9 Å². The molecule has 90 valence electrons. The first-order chi connectivity index (χ1) is 7.93. The Labute approximate surface area is 107 Å². The number of amides is 2. The lowest BCUT2D eigenvalue weighted by atomic mass is 10.00. The van der Waals surface area contributed by atoms with Gasteiger partial charge in [0.25, 0.3) is 0 Å². The van der Waals surface area contributed by atoms with E-state index in [-0.39, 0.29) is 17.5 Å². The van der Waals surface area contributed by atoms with Gasteiger partial charge >= 0.3 is 0 Å². The predicted octanol–water partition coefficient (Wildman–Crippen LogP) is 2.73. The largest absolute Gasteiger partial charge is 0.274 e. The lowest BCUT2D eigenvalue weighted by Crippen LogP contribution is -2.31. The Hall–Kier alpha value is -1.23. The molecule has 1 aromatic rings. The standard InChI is InChI=1S/C12H11BrFNO2/c1-6-7(2)12(17)15(11(6)16)10-4-3-8(13)5-9(10)14/h3-7H,1-2H3. The van der Waals surface area contributed by atoms with E-state index in [0.717, 1.165) is 4.90 Å². The van der Waals surface area contributed by atoms with Crippen LogP contribution in [0.4, 0.5) is 10.1 Å². The summed E-state index contributed by atoms with van der Waals surface area (Å²) in [5.41, 5.74) is 0.0272. The summed E-state index contributed by atoms with van der Waals surface area (Å²) >= 11 is 3.13. The molecule has 1 aliphatic rings. The fraction of sp³-hybridized carbons (Fsp3) is 0.333. The maximum atomic E-state index is 13.7. The summed E-state index contributed by atoms with van der Waals surface area (Å²) in [6, 6.07) is 4.27. The van der Waals surface area contributed by atoms with Crippen LogP contribution in [-0.2, 0) is 9.59 Å². The molecule has 0 spiro atoms. The molecule has 1 aliphatic heterocycles. The molecule has 1 fully saturated rings.